The Kier molecular flexibility index (Phi) is 8.46. The van der Waals surface area contributed by atoms with Crippen molar-refractivity contribution in [3.63, 3.8) is 0 Å². The Balaban J connectivity index is 1.23. The third kappa shape index (κ3) is 6.98. The van der Waals surface area contributed by atoms with Crippen molar-refractivity contribution in [2.75, 3.05) is 36.8 Å². The molecule has 2 heterocycles. The average molecular weight is 580 g/mol. The van der Waals surface area contributed by atoms with Crippen molar-refractivity contribution in [1.29, 1.82) is 0 Å². The van der Waals surface area contributed by atoms with Crippen LogP contribution in [0, 0.1) is 24.5 Å². The van der Waals surface area contributed by atoms with Crippen molar-refractivity contribution >= 4 is 27.2 Å². The highest BCUT2D eigenvalue weighted by Gasteiger charge is 2.24. The molecule has 2 N–H and O–H groups in total. The van der Waals surface area contributed by atoms with E-state index in [4.69, 9.17) is 4.74 Å². The van der Waals surface area contributed by atoms with Crippen LogP contribution < -0.4 is 14.8 Å². The van der Waals surface area contributed by atoms with Crippen molar-refractivity contribution in [1.82, 2.24) is 14.9 Å². The van der Waals surface area contributed by atoms with Crippen LogP contribution in [0.3, 0.4) is 0 Å². The summed E-state index contributed by atoms with van der Waals surface area (Å²) >= 11 is 0. The summed E-state index contributed by atoms with van der Waals surface area (Å²) in [5.41, 5.74) is 3.45. The van der Waals surface area contributed by atoms with E-state index in [1.807, 2.05) is 31.2 Å². The molecule has 0 aliphatic carbocycles. The van der Waals surface area contributed by atoms with E-state index < -0.39 is 26.6 Å². The van der Waals surface area contributed by atoms with Gasteiger partial charge in [0.1, 0.15) is 29.5 Å². The van der Waals surface area contributed by atoms with Gasteiger partial charge < -0.3 is 15.0 Å². The number of aryl methyl sites for hydroxylation is 1. The lowest BCUT2D eigenvalue weighted by molar-refractivity contribution is 0.159. The molecule has 0 spiro atoms. The largest absolute Gasteiger partial charge is 0.493 e. The predicted molar refractivity (Wildman–Crippen MR) is 155 cm³/mol. The SMILES string of the molecule is Cc1cc(-c2cc(Nc3ccc(NS(=O)(=O)c4c(F)cccc4F)cc3)ncn2)ccc1OCC1CCN(C)CC1. The van der Waals surface area contributed by atoms with Gasteiger partial charge in [-0.15, -0.1) is 0 Å². The van der Waals surface area contributed by atoms with Gasteiger partial charge in [-0.25, -0.2) is 27.2 Å². The molecule has 1 aromatic heterocycles. The van der Waals surface area contributed by atoms with Crippen LogP contribution in [-0.4, -0.2) is 50.0 Å². The number of rotatable bonds is 9. The molecule has 8 nitrogen and oxygen atoms in total. The monoisotopic (exact) mass is 579 g/mol. The van der Waals surface area contributed by atoms with Crippen molar-refractivity contribution in [3.05, 3.63) is 90.3 Å². The second kappa shape index (κ2) is 12.2. The summed E-state index contributed by atoms with van der Waals surface area (Å²) < 4.78 is 61.3. The summed E-state index contributed by atoms with van der Waals surface area (Å²) in [7, 11) is -2.30. The topological polar surface area (TPSA) is 96.5 Å². The molecule has 3 aromatic carbocycles. The van der Waals surface area contributed by atoms with Crippen molar-refractivity contribution in [2.45, 2.75) is 24.7 Å². The first-order chi connectivity index (χ1) is 19.7. The third-order valence-corrected chi connectivity index (χ3v) is 8.48. The fourth-order valence-corrected chi connectivity index (χ4v) is 5.90. The first-order valence-electron chi connectivity index (χ1n) is 13.3. The summed E-state index contributed by atoms with van der Waals surface area (Å²) in [5.74, 6) is -0.351. The van der Waals surface area contributed by atoms with Crippen molar-refractivity contribution in [3.8, 4) is 17.0 Å². The second-order valence-electron chi connectivity index (χ2n) is 10.2. The molecule has 1 saturated heterocycles. The molecule has 41 heavy (non-hydrogen) atoms. The number of hydrogen-bond acceptors (Lipinski definition) is 7. The molecule has 0 radical (unpaired) electrons. The number of nitrogens with zero attached hydrogens (tertiary/aromatic N) is 3. The van der Waals surface area contributed by atoms with Gasteiger partial charge in [-0.1, -0.05) is 6.07 Å². The standard InChI is InChI=1S/C30H31F2N5O3S/c1-20-16-22(6-11-28(20)40-18-21-12-14-37(2)15-13-21)27-17-29(34-19-33-27)35-23-7-9-24(10-8-23)36-41(38,39)30-25(31)4-3-5-26(30)32/h3-11,16-17,19,21,36H,12-15,18H2,1-2H3,(H,33,34,35). The normalized spacial score (nSPS) is 14.5. The Labute approximate surface area is 238 Å². The van der Waals surface area contributed by atoms with E-state index in [0.29, 0.717) is 17.4 Å². The molecule has 11 heteroatoms. The minimum absolute atomic E-state index is 0.148. The summed E-state index contributed by atoms with van der Waals surface area (Å²) in [6, 6.07) is 16.9. The van der Waals surface area contributed by atoms with Gasteiger partial charge in [0, 0.05) is 23.0 Å². The van der Waals surface area contributed by atoms with Gasteiger partial charge in [0.15, 0.2) is 4.90 Å². The fourth-order valence-electron chi connectivity index (χ4n) is 4.71. The van der Waals surface area contributed by atoms with Gasteiger partial charge in [0.2, 0.25) is 0 Å². The molecule has 1 aliphatic rings. The zero-order valence-corrected chi connectivity index (χ0v) is 23.6. The fraction of sp³-hybridized carbons (Fsp3) is 0.267. The summed E-state index contributed by atoms with van der Waals surface area (Å²) in [4.78, 5) is 10.0. The summed E-state index contributed by atoms with van der Waals surface area (Å²) in [6.07, 6.45) is 3.76. The number of sulfonamides is 1. The number of piperidine rings is 1. The van der Waals surface area contributed by atoms with Crippen LogP contribution in [0.1, 0.15) is 18.4 Å². The van der Waals surface area contributed by atoms with Crippen LogP contribution in [0.5, 0.6) is 5.75 Å². The van der Waals surface area contributed by atoms with Crippen LogP contribution in [0.2, 0.25) is 0 Å². The van der Waals surface area contributed by atoms with Crippen LogP contribution in [0.15, 0.2) is 78.0 Å². The van der Waals surface area contributed by atoms with Gasteiger partial charge in [-0.3, -0.25) is 4.72 Å². The molecule has 0 amide bonds. The molecule has 0 atom stereocenters. The molecule has 214 valence electrons. The molecule has 1 aliphatic heterocycles. The number of anilines is 3. The van der Waals surface area contributed by atoms with E-state index in [1.54, 1.807) is 12.1 Å². The third-order valence-electron chi connectivity index (χ3n) is 7.05. The highest BCUT2D eigenvalue weighted by molar-refractivity contribution is 7.92. The molecule has 0 unspecified atom stereocenters. The Bertz CT molecular complexity index is 1610. The quantitative estimate of drug-likeness (QED) is 0.251. The molecule has 5 rings (SSSR count). The van der Waals surface area contributed by atoms with Crippen LogP contribution in [0.25, 0.3) is 11.3 Å². The molecule has 1 fully saturated rings. The van der Waals surface area contributed by atoms with Crippen LogP contribution in [-0.2, 0) is 10.0 Å². The molecular weight excluding hydrogens is 548 g/mol. The van der Waals surface area contributed by atoms with Gasteiger partial charge in [0.05, 0.1) is 12.3 Å². The smallest absolute Gasteiger partial charge is 0.267 e. The van der Waals surface area contributed by atoms with E-state index >= 15 is 0 Å². The molecule has 0 bridgehead atoms. The van der Waals surface area contributed by atoms with E-state index in [9.17, 15) is 17.2 Å². The van der Waals surface area contributed by atoms with Crippen LogP contribution >= 0.6 is 0 Å². The molecule has 4 aromatic rings. The van der Waals surface area contributed by atoms with Crippen molar-refractivity contribution in [2.24, 2.45) is 5.92 Å². The Morgan fingerprint density at radius 1 is 0.951 bits per heavy atom. The maximum atomic E-state index is 14.0. The van der Waals surface area contributed by atoms with Crippen LogP contribution in [0.4, 0.5) is 26.0 Å². The average Bonchev–Trinajstić information content (AvgIpc) is 2.94. The summed E-state index contributed by atoms with van der Waals surface area (Å²) in [6.45, 7) is 4.95. The zero-order chi connectivity index (χ0) is 29.0. The number of benzene rings is 3. The lowest BCUT2D eigenvalue weighted by atomic mass is 9.98. The van der Waals surface area contributed by atoms with Gasteiger partial charge in [-0.05, 0) is 106 Å². The number of aromatic nitrogens is 2. The zero-order valence-electron chi connectivity index (χ0n) is 22.8. The van der Waals surface area contributed by atoms with Gasteiger partial charge >= 0.3 is 0 Å². The van der Waals surface area contributed by atoms with Gasteiger partial charge in [0.25, 0.3) is 10.0 Å². The number of ether oxygens (including phenoxy) is 1. The highest BCUT2D eigenvalue weighted by atomic mass is 32.2. The number of nitrogens with one attached hydrogen (secondary N) is 2. The number of hydrogen-bond donors (Lipinski definition) is 2. The van der Waals surface area contributed by atoms with Crippen molar-refractivity contribution < 1.29 is 21.9 Å². The van der Waals surface area contributed by atoms with E-state index in [0.717, 1.165) is 73.3 Å². The minimum atomic E-state index is -4.45. The summed E-state index contributed by atoms with van der Waals surface area (Å²) in [5, 5.41) is 3.16. The first-order valence-corrected chi connectivity index (χ1v) is 14.7. The highest BCUT2D eigenvalue weighted by Crippen LogP contribution is 2.28. The van der Waals surface area contributed by atoms with Gasteiger partial charge in [-0.2, -0.15) is 0 Å². The van der Waals surface area contributed by atoms with E-state index in [-0.39, 0.29) is 5.69 Å². The first kappa shape index (κ1) is 28.4. The predicted octanol–water partition coefficient (Wildman–Crippen LogP) is 6.00. The maximum Gasteiger partial charge on any atom is 0.267 e. The lowest BCUT2D eigenvalue weighted by Crippen LogP contribution is -2.32. The maximum absolute atomic E-state index is 14.0. The number of likely N-dealkylation sites (tertiary alicyclic amines) is 1. The Hall–Kier alpha value is -4.09. The van der Waals surface area contributed by atoms with E-state index in [1.165, 1.54) is 18.5 Å². The number of halogens is 2. The Morgan fingerprint density at radius 2 is 1.63 bits per heavy atom. The second-order valence-corrected chi connectivity index (χ2v) is 11.8. The van der Waals surface area contributed by atoms with E-state index in [2.05, 4.69) is 32.0 Å². The Morgan fingerprint density at radius 3 is 2.32 bits per heavy atom. The lowest BCUT2D eigenvalue weighted by Gasteiger charge is -2.28. The molecular formula is C30H31F2N5O3S. The minimum Gasteiger partial charge on any atom is -0.493 e. The molecule has 0 saturated carbocycles.